The molecule has 5 aliphatic rings. The molecule has 18 nitrogen and oxygen atoms in total. The smallest absolute Gasteiger partial charge is 0.304 e. The molecule has 0 aromatic heterocycles. The van der Waals surface area contributed by atoms with Crippen LogP contribution in [-0.4, -0.2) is 107 Å². The summed E-state index contributed by atoms with van der Waals surface area (Å²) >= 11 is 0. The molecule has 2 unspecified atom stereocenters. The van der Waals surface area contributed by atoms with Crippen molar-refractivity contribution in [2.75, 3.05) is 0 Å². The molecular weight excluding hydrogens is 808 g/mol. The van der Waals surface area contributed by atoms with Crippen molar-refractivity contribution in [3.63, 3.8) is 0 Å². The number of rotatable bonds is 18. The molecule has 62 heavy (non-hydrogen) atoms. The lowest BCUT2D eigenvalue weighted by molar-refractivity contribution is -0.142. The molecule has 8 bridgehead atoms. The van der Waals surface area contributed by atoms with Crippen molar-refractivity contribution in [1.29, 1.82) is 0 Å². The fraction of sp³-hybridized carbons (Fsp3) is 0.636. The highest BCUT2D eigenvalue weighted by Crippen LogP contribution is 2.58. The fourth-order valence-corrected chi connectivity index (χ4v) is 11.4. The summed E-state index contributed by atoms with van der Waals surface area (Å²) in [6.45, 7) is 12.2. The van der Waals surface area contributed by atoms with Gasteiger partial charge < -0.3 is 41.1 Å². The van der Waals surface area contributed by atoms with Crippen molar-refractivity contribution in [2.45, 2.75) is 131 Å². The van der Waals surface area contributed by atoms with Crippen LogP contribution in [0.2, 0.25) is 0 Å². The molecule has 0 aromatic carbocycles. The minimum absolute atomic E-state index is 0.0153. The third kappa shape index (κ3) is 8.69. The van der Waals surface area contributed by atoms with Crippen LogP contribution in [0.5, 0.6) is 0 Å². The van der Waals surface area contributed by atoms with Crippen LogP contribution in [0.3, 0.4) is 0 Å². The van der Waals surface area contributed by atoms with Crippen LogP contribution in [0, 0.1) is 45.3 Å². The highest BCUT2D eigenvalue weighted by Gasteiger charge is 2.61. The number of hydrogen-bond donors (Lipinski definition) is 8. The number of aliphatic imine (C=N–C) groups is 3. The van der Waals surface area contributed by atoms with Gasteiger partial charge in [0.15, 0.2) is 0 Å². The molecule has 1 saturated heterocycles. The van der Waals surface area contributed by atoms with Gasteiger partial charge in [-0.15, -0.1) is 0 Å². The predicted octanol–water partition coefficient (Wildman–Crippen LogP) is 5.53. The van der Waals surface area contributed by atoms with Gasteiger partial charge in [-0.2, -0.15) is 0 Å². The molecule has 18 heteroatoms. The largest absolute Gasteiger partial charge is 0.481 e. The van der Waals surface area contributed by atoms with Crippen LogP contribution in [0.15, 0.2) is 49.3 Å². The van der Waals surface area contributed by atoms with Gasteiger partial charge in [-0.25, -0.2) is 0 Å². The van der Waals surface area contributed by atoms with E-state index in [-0.39, 0.29) is 50.7 Å². The van der Waals surface area contributed by atoms with Crippen LogP contribution < -0.4 is 5.32 Å². The van der Waals surface area contributed by atoms with Crippen LogP contribution >= 0.6 is 0 Å². The number of allylic oxidation sites excluding steroid dienone is 6. The minimum Gasteiger partial charge on any atom is -0.481 e. The Bertz CT molecular complexity index is 2160. The first-order valence-corrected chi connectivity index (χ1v) is 20.9. The van der Waals surface area contributed by atoms with E-state index in [4.69, 9.17) is 15.0 Å². The number of nitrogens with zero attached hydrogens (tertiary/aromatic N) is 3. The number of carbonyl (C=O) groups is 7. The molecule has 5 heterocycles. The third-order valence-corrected chi connectivity index (χ3v) is 14.6. The molecule has 0 radical (unpaired) electrons. The van der Waals surface area contributed by atoms with E-state index in [0.717, 1.165) is 0 Å². The molecule has 0 aliphatic carbocycles. The summed E-state index contributed by atoms with van der Waals surface area (Å²) in [4.78, 5) is 103. The zero-order valence-electron chi connectivity index (χ0n) is 36.1. The van der Waals surface area contributed by atoms with Gasteiger partial charge in [0.05, 0.1) is 31.3 Å². The Hall–Kier alpha value is -5.68. The molecular formula is C44H58N4O14. The molecule has 5 aliphatic heterocycles. The third-order valence-electron chi connectivity index (χ3n) is 14.6. The average molecular weight is 867 g/mol. The van der Waals surface area contributed by atoms with E-state index in [0.29, 0.717) is 39.7 Å². The second-order valence-corrected chi connectivity index (χ2v) is 18.9. The van der Waals surface area contributed by atoms with Gasteiger partial charge in [-0.3, -0.25) is 48.5 Å². The van der Waals surface area contributed by atoms with Gasteiger partial charge in [0.25, 0.3) is 0 Å². The van der Waals surface area contributed by atoms with Gasteiger partial charge in [-0.05, 0) is 56.8 Å². The van der Waals surface area contributed by atoms with E-state index in [1.165, 1.54) is 0 Å². The first-order chi connectivity index (χ1) is 28.7. The molecule has 8 N–H and O–H groups in total. The van der Waals surface area contributed by atoms with Gasteiger partial charge in [-0.1, -0.05) is 34.6 Å². The van der Waals surface area contributed by atoms with Gasteiger partial charge in [0, 0.05) is 105 Å². The molecule has 0 amide bonds. The fourth-order valence-electron chi connectivity index (χ4n) is 11.4. The van der Waals surface area contributed by atoms with Crippen molar-refractivity contribution >= 4 is 58.9 Å². The topological polar surface area (TPSA) is 310 Å². The van der Waals surface area contributed by atoms with E-state index in [1.54, 1.807) is 40.7 Å². The van der Waals surface area contributed by atoms with E-state index in [9.17, 15) is 69.3 Å². The molecule has 5 rings (SSSR count). The summed E-state index contributed by atoms with van der Waals surface area (Å²) < 4.78 is 0. The van der Waals surface area contributed by atoms with Gasteiger partial charge in [0.2, 0.25) is 0 Å². The van der Waals surface area contributed by atoms with Gasteiger partial charge in [0.1, 0.15) is 0 Å². The lowest BCUT2D eigenvalue weighted by Crippen LogP contribution is -2.47. The Kier molecular flexibility index (Phi) is 13.2. The molecule has 0 spiro atoms. The lowest BCUT2D eigenvalue weighted by atomic mass is 9.60. The average Bonchev–Trinajstić information content (AvgIpc) is 3.76. The van der Waals surface area contributed by atoms with Crippen LogP contribution in [0.4, 0.5) is 0 Å². The number of carboxylic acids is 7. The summed E-state index contributed by atoms with van der Waals surface area (Å²) in [5, 5.41) is 74.6. The van der Waals surface area contributed by atoms with E-state index < -0.39 is 125 Å². The second-order valence-electron chi connectivity index (χ2n) is 18.9. The van der Waals surface area contributed by atoms with Crippen molar-refractivity contribution in [3.8, 4) is 0 Å². The molecule has 0 saturated carbocycles. The number of hydrogen-bond acceptors (Lipinski definition) is 11. The van der Waals surface area contributed by atoms with Crippen LogP contribution in [0.1, 0.15) is 119 Å². The predicted molar refractivity (Wildman–Crippen MR) is 223 cm³/mol. The summed E-state index contributed by atoms with van der Waals surface area (Å²) in [6, 6.07) is -2.22. The number of aliphatic carboxylic acids is 7. The maximum Gasteiger partial charge on any atom is 0.304 e. The molecule has 0 aromatic rings. The van der Waals surface area contributed by atoms with Crippen molar-refractivity contribution in [1.82, 2.24) is 5.32 Å². The summed E-state index contributed by atoms with van der Waals surface area (Å²) in [5.74, 6) is -11.4. The Morgan fingerprint density at radius 2 is 1.16 bits per heavy atom. The summed E-state index contributed by atoms with van der Waals surface area (Å²) in [5.41, 5.74) is -1.82. The lowest BCUT2D eigenvalue weighted by Gasteiger charge is -2.41. The summed E-state index contributed by atoms with van der Waals surface area (Å²) in [6.07, 6.45) is -1.34. The Morgan fingerprint density at radius 3 is 1.68 bits per heavy atom. The SMILES string of the molecule is C/C1=C2N=C(/C=C3\N/C(=C(/C)C4=NC(C5N=C1[C@](C)(CCC(=O)O)[C@H]5CC(=O)O)[C@@](C)(CC(=O)O)[C@@H]4CCC(=O)O)[C@@](C)(CC(=O)O)[C@@H]3CCC(=O)O)C(C)(C)[C@@H]/2CCC(=O)O. The second kappa shape index (κ2) is 17.2. The van der Waals surface area contributed by atoms with E-state index in [1.807, 2.05) is 13.8 Å². The maximum absolute atomic E-state index is 12.9. The Morgan fingerprint density at radius 1 is 0.629 bits per heavy atom. The zero-order chi connectivity index (χ0) is 46.4. The number of nitrogens with one attached hydrogen (secondary N) is 1. The number of fused-ring (bicyclic) bond motifs is 6. The molecule has 1 fully saturated rings. The minimum atomic E-state index is -1.43. The number of carboxylic acid groups (broad SMARTS) is 7. The highest BCUT2D eigenvalue weighted by molar-refractivity contribution is 6.10. The molecule has 338 valence electrons. The van der Waals surface area contributed by atoms with Gasteiger partial charge >= 0.3 is 41.8 Å². The Labute approximate surface area is 358 Å². The van der Waals surface area contributed by atoms with Crippen molar-refractivity contribution in [3.05, 3.63) is 34.3 Å². The monoisotopic (exact) mass is 866 g/mol. The van der Waals surface area contributed by atoms with Crippen LogP contribution in [0.25, 0.3) is 0 Å². The van der Waals surface area contributed by atoms with Crippen molar-refractivity contribution < 1.29 is 69.3 Å². The Balaban J connectivity index is 1.99. The summed E-state index contributed by atoms with van der Waals surface area (Å²) in [7, 11) is 0. The normalized spacial score (nSPS) is 35.3. The van der Waals surface area contributed by atoms with Crippen molar-refractivity contribution in [2.24, 2.45) is 60.3 Å². The quantitative estimate of drug-likeness (QED) is 0.0840. The molecule has 9 atom stereocenters. The van der Waals surface area contributed by atoms with E-state index in [2.05, 4.69) is 5.32 Å². The highest BCUT2D eigenvalue weighted by atomic mass is 16.4. The standard InChI is InChI=1S/C44H58N4O14/c1-20-35-23(9-12-29(51)52)41(3,4)27(46-35)17-26-22(8-11-28(49)50)43(6,18-33(59)60)39(45-26)21(2)36-24(10-13-30(53)54)44(7,19-34(61)62)40(47-36)37-25(16-32(57)58)42(5,38(20)48-37)15-14-31(55)56/h17,22-25,37,40,45H,8-16,18-19H2,1-7H3,(H,49,50)(H,51,52)(H,53,54)(H,55,56)(H,57,58)(H,59,60)(H,61,62)/b26-17-,35-20-,39-21-/t22-,23-,24-,25+,37?,40?,42-,43+,44+/m1/s1. The first-order valence-electron chi connectivity index (χ1n) is 20.9. The first kappa shape index (κ1) is 47.4. The van der Waals surface area contributed by atoms with Crippen LogP contribution in [-0.2, 0) is 33.6 Å². The van der Waals surface area contributed by atoms with E-state index >= 15 is 0 Å². The zero-order valence-corrected chi connectivity index (χ0v) is 36.1. The maximum atomic E-state index is 12.9.